The van der Waals surface area contributed by atoms with E-state index in [4.69, 9.17) is 7.85 Å². The van der Waals surface area contributed by atoms with Gasteiger partial charge in [-0.3, -0.25) is 0 Å². The molecule has 0 nitrogen and oxygen atoms in total. The molecule has 0 unspecified atom stereocenters. The van der Waals surface area contributed by atoms with Gasteiger partial charge in [-0.05, 0) is 12.8 Å². The fourth-order valence-corrected chi connectivity index (χ4v) is 1.45. The lowest BCUT2D eigenvalue weighted by Gasteiger charge is -2.27. The van der Waals surface area contributed by atoms with E-state index < -0.39 is 12.1 Å². The Balaban J connectivity index is 2.39. The van der Waals surface area contributed by atoms with E-state index in [1.807, 2.05) is 0 Å². The maximum absolute atomic E-state index is 12.0. The van der Waals surface area contributed by atoms with Gasteiger partial charge in [0.1, 0.15) is 0 Å². The Hall–Kier alpha value is -0.145. The molecule has 62 valence electrons. The van der Waals surface area contributed by atoms with Gasteiger partial charge >= 0.3 is 6.18 Å². The van der Waals surface area contributed by atoms with E-state index in [2.05, 4.69) is 0 Å². The molecule has 1 aliphatic carbocycles. The fourth-order valence-electron chi connectivity index (χ4n) is 1.45. The zero-order chi connectivity index (χ0) is 8.48. The van der Waals surface area contributed by atoms with E-state index in [9.17, 15) is 13.2 Å². The van der Waals surface area contributed by atoms with Gasteiger partial charge < -0.3 is 0 Å². The molecule has 0 aromatic rings. The Morgan fingerprint density at radius 2 is 1.45 bits per heavy atom. The van der Waals surface area contributed by atoms with Crippen LogP contribution >= 0.6 is 0 Å². The molecule has 0 N–H and O–H groups in total. The first-order valence-corrected chi connectivity index (χ1v) is 3.82. The SMILES string of the molecule is [B]C1CCC(C(F)(F)F)CC1. The maximum Gasteiger partial charge on any atom is 0.391 e. The molecule has 0 bridgehead atoms. The molecule has 11 heavy (non-hydrogen) atoms. The zero-order valence-electron chi connectivity index (χ0n) is 6.19. The highest BCUT2D eigenvalue weighted by Gasteiger charge is 2.40. The molecule has 0 spiro atoms. The largest absolute Gasteiger partial charge is 0.391 e. The van der Waals surface area contributed by atoms with Crippen LogP contribution in [0.4, 0.5) is 13.2 Å². The summed E-state index contributed by atoms with van der Waals surface area (Å²) in [5.41, 5.74) is 0. The fraction of sp³-hybridized carbons (Fsp3) is 1.00. The van der Waals surface area contributed by atoms with E-state index in [-0.39, 0.29) is 18.7 Å². The Morgan fingerprint density at radius 1 is 1.00 bits per heavy atom. The summed E-state index contributed by atoms with van der Waals surface area (Å²) in [6.45, 7) is 0. The number of hydrogen-bond donors (Lipinski definition) is 0. The summed E-state index contributed by atoms with van der Waals surface area (Å²) in [5.74, 6) is -1.10. The molecule has 0 aliphatic heterocycles. The van der Waals surface area contributed by atoms with Crippen LogP contribution in [0.2, 0.25) is 5.82 Å². The molecule has 2 radical (unpaired) electrons. The van der Waals surface area contributed by atoms with Gasteiger partial charge in [0.2, 0.25) is 0 Å². The van der Waals surface area contributed by atoms with Crippen molar-refractivity contribution in [1.29, 1.82) is 0 Å². The highest BCUT2D eigenvalue weighted by molar-refractivity contribution is 6.11. The van der Waals surface area contributed by atoms with Gasteiger partial charge in [-0.1, -0.05) is 18.7 Å². The van der Waals surface area contributed by atoms with Crippen LogP contribution in [0.5, 0.6) is 0 Å². The van der Waals surface area contributed by atoms with Crippen LogP contribution < -0.4 is 0 Å². The van der Waals surface area contributed by atoms with Crippen LogP contribution in [0.3, 0.4) is 0 Å². The Bertz CT molecular complexity index is 124. The minimum Gasteiger partial charge on any atom is -0.171 e. The third kappa shape index (κ3) is 2.42. The summed E-state index contributed by atoms with van der Waals surface area (Å²) in [4.78, 5) is 0. The van der Waals surface area contributed by atoms with E-state index in [0.717, 1.165) is 0 Å². The predicted octanol–water partition coefficient (Wildman–Crippen LogP) is 2.70. The molecule has 0 aromatic carbocycles. The lowest BCUT2D eigenvalue weighted by Crippen LogP contribution is -2.26. The van der Waals surface area contributed by atoms with Crippen LogP contribution in [0, 0.1) is 5.92 Å². The Morgan fingerprint density at radius 3 is 1.82 bits per heavy atom. The van der Waals surface area contributed by atoms with Crippen LogP contribution in [-0.2, 0) is 0 Å². The number of hydrogen-bond acceptors (Lipinski definition) is 0. The molecule has 0 saturated heterocycles. The molecule has 1 fully saturated rings. The topological polar surface area (TPSA) is 0 Å². The van der Waals surface area contributed by atoms with E-state index in [1.165, 1.54) is 0 Å². The van der Waals surface area contributed by atoms with Gasteiger partial charge in [0.25, 0.3) is 0 Å². The summed E-state index contributed by atoms with van der Waals surface area (Å²) in [5, 5.41) is 0. The second-order valence-electron chi connectivity index (χ2n) is 3.15. The number of rotatable bonds is 0. The predicted molar refractivity (Wildman–Crippen MR) is 37.5 cm³/mol. The average molecular weight is 162 g/mol. The molecule has 0 amide bonds. The summed E-state index contributed by atoms with van der Waals surface area (Å²) in [6.07, 6.45) is -2.54. The van der Waals surface area contributed by atoms with Crippen LogP contribution in [0.15, 0.2) is 0 Å². The normalized spacial score (nSPS) is 33.7. The first kappa shape index (κ1) is 8.95. The van der Waals surface area contributed by atoms with Crippen molar-refractivity contribution < 1.29 is 13.2 Å². The van der Waals surface area contributed by atoms with Gasteiger partial charge in [0.15, 0.2) is 0 Å². The molecule has 1 rings (SSSR count). The average Bonchev–Trinajstić information content (AvgIpc) is 1.86. The second kappa shape index (κ2) is 3.07. The highest BCUT2D eigenvalue weighted by Crippen LogP contribution is 2.40. The maximum atomic E-state index is 12.0. The third-order valence-corrected chi connectivity index (χ3v) is 2.23. The first-order valence-electron chi connectivity index (χ1n) is 3.82. The van der Waals surface area contributed by atoms with Gasteiger partial charge in [-0.25, -0.2) is 0 Å². The van der Waals surface area contributed by atoms with Crippen molar-refractivity contribution in [3.05, 3.63) is 0 Å². The minimum atomic E-state index is -4.00. The summed E-state index contributed by atoms with van der Waals surface area (Å²) in [6, 6.07) is 0. The number of halogens is 3. The smallest absolute Gasteiger partial charge is 0.171 e. The molecule has 0 heterocycles. The third-order valence-electron chi connectivity index (χ3n) is 2.23. The van der Waals surface area contributed by atoms with Crippen LogP contribution in [0.1, 0.15) is 25.7 Å². The van der Waals surface area contributed by atoms with Crippen molar-refractivity contribution >= 4 is 7.85 Å². The first-order chi connectivity index (χ1) is 5.00. The van der Waals surface area contributed by atoms with Crippen molar-refractivity contribution in [3.8, 4) is 0 Å². The number of alkyl halides is 3. The summed E-state index contributed by atoms with van der Waals surface area (Å²) < 4.78 is 36.1. The van der Waals surface area contributed by atoms with Crippen molar-refractivity contribution in [2.45, 2.75) is 37.7 Å². The van der Waals surface area contributed by atoms with Crippen molar-refractivity contribution in [2.75, 3.05) is 0 Å². The van der Waals surface area contributed by atoms with Gasteiger partial charge in [-0.2, -0.15) is 13.2 Å². The second-order valence-corrected chi connectivity index (χ2v) is 3.15. The molecule has 4 heteroatoms. The summed E-state index contributed by atoms with van der Waals surface area (Å²) >= 11 is 0. The molecule has 0 aromatic heterocycles. The lowest BCUT2D eigenvalue weighted by molar-refractivity contribution is -0.181. The minimum absolute atomic E-state index is 0.00593. The van der Waals surface area contributed by atoms with Crippen molar-refractivity contribution in [2.24, 2.45) is 5.92 Å². The van der Waals surface area contributed by atoms with Crippen LogP contribution in [0.25, 0.3) is 0 Å². The lowest BCUT2D eigenvalue weighted by atomic mass is 9.72. The van der Waals surface area contributed by atoms with E-state index >= 15 is 0 Å². The van der Waals surface area contributed by atoms with Crippen molar-refractivity contribution in [3.63, 3.8) is 0 Å². The van der Waals surface area contributed by atoms with E-state index in [0.29, 0.717) is 12.8 Å². The van der Waals surface area contributed by atoms with Crippen molar-refractivity contribution in [1.82, 2.24) is 0 Å². The standard InChI is InChI=1S/C7H10BF3/c8-6-3-1-5(2-4-6)7(9,10)11/h5-6H,1-4H2. The molecule has 0 atom stereocenters. The zero-order valence-corrected chi connectivity index (χ0v) is 6.19. The molecule has 1 saturated carbocycles. The monoisotopic (exact) mass is 162 g/mol. The van der Waals surface area contributed by atoms with Gasteiger partial charge in [0, 0.05) is 0 Å². The quantitative estimate of drug-likeness (QED) is 0.480. The summed E-state index contributed by atoms with van der Waals surface area (Å²) in [7, 11) is 5.47. The molecule has 1 aliphatic rings. The van der Waals surface area contributed by atoms with Gasteiger partial charge in [0.05, 0.1) is 13.8 Å². The van der Waals surface area contributed by atoms with Crippen LogP contribution in [-0.4, -0.2) is 14.0 Å². The molecular formula is C7H10BF3. The Kier molecular flexibility index (Phi) is 2.50. The van der Waals surface area contributed by atoms with E-state index in [1.54, 1.807) is 0 Å². The molecular weight excluding hydrogens is 152 g/mol. The van der Waals surface area contributed by atoms with Gasteiger partial charge in [-0.15, -0.1) is 0 Å². The Labute approximate surface area is 65.6 Å². The highest BCUT2D eigenvalue weighted by atomic mass is 19.4.